The fraction of sp³-hybridized carbons (Fsp3) is 0.364. The number of rotatable bonds is 9. The van der Waals surface area contributed by atoms with Crippen molar-refractivity contribution in [3.8, 4) is 22.7 Å². The second-order valence-corrected chi connectivity index (χ2v) is 10.5. The molecule has 192 valence electrons. The number of carbonyl (C=O) groups excluding carboxylic acids is 1. The summed E-state index contributed by atoms with van der Waals surface area (Å²) in [5, 5.41) is 5.62. The molecule has 1 aliphatic rings. The lowest BCUT2D eigenvalue weighted by Crippen LogP contribution is -2.37. The van der Waals surface area contributed by atoms with Crippen LogP contribution in [0.3, 0.4) is 0 Å². The molecular formula is C22H24ClFN6O5S. The van der Waals surface area contributed by atoms with Gasteiger partial charge in [-0.25, -0.2) is 32.6 Å². The van der Waals surface area contributed by atoms with Crippen molar-refractivity contribution in [3.05, 3.63) is 41.1 Å². The maximum Gasteiger partial charge on any atom is 0.407 e. The molecule has 0 saturated heterocycles. The van der Waals surface area contributed by atoms with E-state index in [0.717, 1.165) is 31.2 Å². The topological polar surface area (TPSA) is 148 Å². The van der Waals surface area contributed by atoms with Crippen molar-refractivity contribution >= 4 is 39.4 Å². The standard InChI is InChI=1S/C22H24ClFN6O5S/c1-11(27-22(31)34-2)10-26-21-25-7-6-15(28-21)19-18(29-20(35-19)12-4-5-12)14-8-13(24)9-16(17(14)23)30-36(3,32)33/h6-9,11-12,30H,4-5,10H2,1-3H3,(H,27,31)(H,25,26,28)/t11-/m0/s1. The summed E-state index contributed by atoms with van der Waals surface area (Å²) >= 11 is 6.49. The molecule has 36 heavy (non-hydrogen) atoms. The van der Waals surface area contributed by atoms with Crippen LogP contribution < -0.4 is 15.4 Å². The number of nitrogens with one attached hydrogen (secondary N) is 3. The first-order valence-electron chi connectivity index (χ1n) is 10.9. The lowest BCUT2D eigenvalue weighted by Gasteiger charge is -2.14. The Hall–Kier alpha value is -3.45. The van der Waals surface area contributed by atoms with Gasteiger partial charge in [0.1, 0.15) is 17.2 Å². The van der Waals surface area contributed by atoms with Gasteiger partial charge in [0, 0.05) is 30.3 Å². The van der Waals surface area contributed by atoms with Crippen LogP contribution in [0.5, 0.6) is 0 Å². The lowest BCUT2D eigenvalue weighted by atomic mass is 10.1. The third kappa shape index (κ3) is 6.21. The SMILES string of the molecule is COC(=O)N[C@@H](C)CNc1nccc(-c2oc(C3CC3)nc2-c2cc(F)cc(NS(C)(=O)=O)c2Cl)n1. The van der Waals surface area contributed by atoms with E-state index in [1.807, 2.05) is 0 Å². The minimum absolute atomic E-state index is 0.0335. The molecule has 4 rings (SSSR count). The van der Waals surface area contributed by atoms with E-state index in [1.165, 1.54) is 13.3 Å². The normalized spacial score (nSPS) is 14.2. The first kappa shape index (κ1) is 25.6. The molecule has 0 radical (unpaired) electrons. The van der Waals surface area contributed by atoms with Crippen molar-refractivity contribution in [2.75, 3.05) is 29.9 Å². The fourth-order valence-corrected chi connectivity index (χ4v) is 4.22. The van der Waals surface area contributed by atoms with Gasteiger partial charge in [0.05, 0.1) is 24.1 Å². The molecular weight excluding hydrogens is 515 g/mol. The largest absolute Gasteiger partial charge is 0.453 e. The minimum atomic E-state index is -3.71. The number of alkyl carbamates (subject to hydrolysis) is 1. The number of anilines is 2. The van der Waals surface area contributed by atoms with E-state index in [1.54, 1.807) is 13.0 Å². The average Bonchev–Trinajstić information content (AvgIpc) is 3.57. The minimum Gasteiger partial charge on any atom is -0.453 e. The van der Waals surface area contributed by atoms with Crippen molar-refractivity contribution in [1.82, 2.24) is 20.3 Å². The van der Waals surface area contributed by atoms with Crippen LogP contribution in [0.4, 0.5) is 20.8 Å². The first-order valence-corrected chi connectivity index (χ1v) is 13.2. The van der Waals surface area contributed by atoms with E-state index in [4.69, 9.17) is 16.0 Å². The van der Waals surface area contributed by atoms with Gasteiger partial charge in [-0.2, -0.15) is 0 Å². The molecule has 0 unspecified atom stereocenters. The lowest BCUT2D eigenvalue weighted by molar-refractivity contribution is 0.168. The number of ether oxygens (including phenoxy) is 1. The molecule has 1 atom stereocenters. The monoisotopic (exact) mass is 538 g/mol. The van der Waals surface area contributed by atoms with Gasteiger partial charge in [0.2, 0.25) is 16.0 Å². The summed E-state index contributed by atoms with van der Waals surface area (Å²) in [5.41, 5.74) is 0.613. The zero-order chi connectivity index (χ0) is 26.0. The van der Waals surface area contributed by atoms with Gasteiger partial charge in [-0.05, 0) is 38.0 Å². The van der Waals surface area contributed by atoms with Crippen molar-refractivity contribution < 1.29 is 26.8 Å². The molecule has 1 saturated carbocycles. The number of nitrogens with zero attached hydrogens (tertiary/aromatic N) is 3. The highest BCUT2D eigenvalue weighted by molar-refractivity contribution is 7.92. The van der Waals surface area contributed by atoms with Crippen molar-refractivity contribution in [2.45, 2.75) is 31.7 Å². The number of hydrogen-bond donors (Lipinski definition) is 3. The molecule has 0 spiro atoms. The number of amides is 1. The van der Waals surface area contributed by atoms with E-state index >= 15 is 0 Å². The number of hydrogen-bond acceptors (Lipinski definition) is 9. The van der Waals surface area contributed by atoms with Gasteiger partial charge >= 0.3 is 6.09 Å². The Morgan fingerprint density at radius 1 is 1.33 bits per heavy atom. The zero-order valence-electron chi connectivity index (χ0n) is 19.6. The predicted octanol–water partition coefficient (Wildman–Crippen LogP) is 4.00. The van der Waals surface area contributed by atoms with E-state index < -0.39 is 21.9 Å². The quantitative estimate of drug-likeness (QED) is 0.367. The smallest absolute Gasteiger partial charge is 0.407 e. The molecule has 1 aromatic carbocycles. The molecule has 0 aliphatic heterocycles. The van der Waals surface area contributed by atoms with Crippen LogP contribution >= 0.6 is 11.6 Å². The number of methoxy groups -OCH3 is 1. The summed E-state index contributed by atoms with van der Waals surface area (Å²) in [6, 6.07) is 3.48. The van der Waals surface area contributed by atoms with Gasteiger partial charge < -0.3 is 19.8 Å². The highest BCUT2D eigenvalue weighted by Gasteiger charge is 2.32. The highest BCUT2D eigenvalue weighted by atomic mass is 35.5. The number of halogens is 2. The second-order valence-electron chi connectivity index (χ2n) is 8.38. The Balaban J connectivity index is 1.70. The molecule has 11 nitrogen and oxygen atoms in total. The number of oxazole rings is 1. The molecule has 1 fully saturated rings. The summed E-state index contributed by atoms with van der Waals surface area (Å²) < 4.78 is 50.8. The van der Waals surface area contributed by atoms with Crippen LogP contribution in [0, 0.1) is 5.82 Å². The Morgan fingerprint density at radius 2 is 2.08 bits per heavy atom. The van der Waals surface area contributed by atoms with E-state index in [9.17, 15) is 17.6 Å². The molecule has 3 N–H and O–H groups in total. The van der Waals surface area contributed by atoms with Crippen LogP contribution in [-0.4, -0.2) is 55.4 Å². The third-order valence-electron chi connectivity index (χ3n) is 5.16. The Labute approximate surface area is 211 Å². The van der Waals surface area contributed by atoms with Crippen LogP contribution in [0.2, 0.25) is 5.02 Å². The summed E-state index contributed by atoms with van der Waals surface area (Å²) in [7, 11) is -2.44. The number of aromatic nitrogens is 3. The summed E-state index contributed by atoms with van der Waals surface area (Å²) in [6.07, 6.45) is 3.69. The Kier molecular flexibility index (Phi) is 7.31. The van der Waals surface area contributed by atoms with Gasteiger partial charge in [0.15, 0.2) is 11.7 Å². The second kappa shape index (κ2) is 10.3. The predicted molar refractivity (Wildman–Crippen MR) is 132 cm³/mol. The van der Waals surface area contributed by atoms with E-state index in [-0.39, 0.29) is 45.6 Å². The van der Waals surface area contributed by atoms with E-state index in [0.29, 0.717) is 18.1 Å². The molecule has 1 amide bonds. The number of sulfonamides is 1. The highest BCUT2D eigenvalue weighted by Crippen LogP contribution is 2.45. The third-order valence-corrected chi connectivity index (χ3v) is 6.16. The molecule has 14 heteroatoms. The van der Waals surface area contributed by atoms with Gasteiger partial charge in [-0.1, -0.05) is 11.6 Å². The van der Waals surface area contributed by atoms with Crippen molar-refractivity contribution in [2.24, 2.45) is 0 Å². The van der Waals surface area contributed by atoms with Crippen molar-refractivity contribution in [1.29, 1.82) is 0 Å². The van der Waals surface area contributed by atoms with Gasteiger partial charge in [-0.15, -0.1) is 0 Å². The van der Waals surface area contributed by atoms with Crippen molar-refractivity contribution in [3.63, 3.8) is 0 Å². The van der Waals surface area contributed by atoms with E-state index in [2.05, 4.69) is 35.0 Å². The Morgan fingerprint density at radius 3 is 2.75 bits per heavy atom. The fourth-order valence-electron chi connectivity index (χ4n) is 3.36. The van der Waals surface area contributed by atoms with Crippen LogP contribution in [0.25, 0.3) is 22.7 Å². The maximum absolute atomic E-state index is 14.5. The average molecular weight is 539 g/mol. The number of benzene rings is 1. The molecule has 2 aromatic heterocycles. The van der Waals surface area contributed by atoms with Crippen LogP contribution in [-0.2, 0) is 14.8 Å². The first-order chi connectivity index (χ1) is 17.0. The Bertz CT molecular complexity index is 1400. The maximum atomic E-state index is 14.5. The van der Waals surface area contributed by atoms with Gasteiger partial charge in [0.25, 0.3) is 0 Å². The number of carbonyl (C=O) groups is 1. The molecule has 1 aliphatic carbocycles. The van der Waals surface area contributed by atoms with Crippen LogP contribution in [0.15, 0.2) is 28.8 Å². The van der Waals surface area contributed by atoms with Gasteiger partial charge in [-0.3, -0.25) is 4.72 Å². The molecule has 0 bridgehead atoms. The zero-order valence-corrected chi connectivity index (χ0v) is 21.2. The molecule has 2 heterocycles. The van der Waals surface area contributed by atoms with Crippen LogP contribution in [0.1, 0.15) is 31.6 Å². The summed E-state index contributed by atoms with van der Waals surface area (Å²) in [6.45, 7) is 2.09. The molecule has 3 aromatic rings. The summed E-state index contributed by atoms with van der Waals surface area (Å²) in [4.78, 5) is 24.6. The summed E-state index contributed by atoms with van der Waals surface area (Å²) in [5.74, 6) is 0.372.